The maximum absolute atomic E-state index is 13.1. The standard InChI is InChI=1S/C20H23N3O4S2/c1-14-15(2)21-27-20(14)18-8-9-19(28-18)29(24,25)23-12-10-22(11-13-23)16-6-4-5-7-17(16)26-3/h4-9H,10-13H2,1-3H3. The van der Waals surface area contributed by atoms with Crippen LogP contribution in [0.3, 0.4) is 0 Å². The molecule has 0 unspecified atom stereocenters. The van der Waals surface area contributed by atoms with Crippen molar-refractivity contribution >= 4 is 27.0 Å². The molecule has 0 spiro atoms. The predicted molar refractivity (Wildman–Crippen MR) is 113 cm³/mol. The lowest BCUT2D eigenvalue weighted by molar-refractivity contribution is 0.379. The van der Waals surface area contributed by atoms with Crippen molar-refractivity contribution in [1.82, 2.24) is 9.46 Å². The number of hydrogen-bond acceptors (Lipinski definition) is 7. The Morgan fingerprint density at radius 1 is 1.07 bits per heavy atom. The van der Waals surface area contributed by atoms with Crippen LogP contribution in [0.2, 0.25) is 0 Å². The van der Waals surface area contributed by atoms with Crippen LogP contribution in [0.4, 0.5) is 5.69 Å². The lowest BCUT2D eigenvalue weighted by Crippen LogP contribution is -2.48. The van der Waals surface area contributed by atoms with Gasteiger partial charge in [-0.15, -0.1) is 11.3 Å². The molecule has 3 aromatic rings. The number of piperazine rings is 1. The highest BCUT2D eigenvalue weighted by Crippen LogP contribution is 2.35. The average Bonchev–Trinajstić information content (AvgIpc) is 3.36. The molecular formula is C20H23N3O4S2. The van der Waals surface area contributed by atoms with E-state index in [4.69, 9.17) is 9.26 Å². The zero-order valence-corrected chi connectivity index (χ0v) is 18.2. The number of methoxy groups -OCH3 is 1. The van der Waals surface area contributed by atoms with Crippen molar-refractivity contribution in [2.45, 2.75) is 18.1 Å². The van der Waals surface area contributed by atoms with Gasteiger partial charge in [0.2, 0.25) is 0 Å². The highest BCUT2D eigenvalue weighted by Gasteiger charge is 2.31. The molecule has 7 nitrogen and oxygen atoms in total. The van der Waals surface area contributed by atoms with Crippen molar-refractivity contribution in [3.8, 4) is 16.4 Å². The number of anilines is 1. The van der Waals surface area contributed by atoms with E-state index in [-0.39, 0.29) is 0 Å². The summed E-state index contributed by atoms with van der Waals surface area (Å²) in [5, 5.41) is 3.96. The number of para-hydroxylation sites is 2. The Morgan fingerprint density at radius 2 is 1.79 bits per heavy atom. The molecule has 3 heterocycles. The number of thiophene rings is 1. The van der Waals surface area contributed by atoms with Crippen molar-refractivity contribution in [1.29, 1.82) is 0 Å². The molecule has 0 bridgehead atoms. The molecule has 1 aromatic carbocycles. The number of sulfonamides is 1. The number of rotatable bonds is 5. The summed E-state index contributed by atoms with van der Waals surface area (Å²) in [6.45, 7) is 5.86. The van der Waals surface area contributed by atoms with E-state index in [9.17, 15) is 8.42 Å². The maximum atomic E-state index is 13.1. The van der Waals surface area contributed by atoms with Gasteiger partial charge in [0.15, 0.2) is 5.76 Å². The third kappa shape index (κ3) is 3.65. The topological polar surface area (TPSA) is 75.9 Å². The molecule has 1 fully saturated rings. The largest absolute Gasteiger partial charge is 0.495 e. The smallest absolute Gasteiger partial charge is 0.252 e. The van der Waals surface area contributed by atoms with Gasteiger partial charge in [0.1, 0.15) is 9.96 Å². The minimum Gasteiger partial charge on any atom is -0.495 e. The van der Waals surface area contributed by atoms with Crippen molar-refractivity contribution in [3.05, 3.63) is 47.7 Å². The molecule has 0 saturated carbocycles. The van der Waals surface area contributed by atoms with Crippen LogP contribution in [-0.4, -0.2) is 51.2 Å². The minimum absolute atomic E-state index is 0.326. The molecule has 154 valence electrons. The first-order valence-corrected chi connectivity index (χ1v) is 11.6. The second kappa shape index (κ2) is 7.81. The first-order valence-electron chi connectivity index (χ1n) is 9.33. The fourth-order valence-electron chi connectivity index (χ4n) is 3.41. The number of aryl methyl sites for hydroxylation is 1. The average molecular weight is 434 g/mol. The molecule has 4 rings (SSSR count). The molecular weight excluding hydrogens is 410 g/mol. The van der Waals surface area contributed by atoms with Crippen LogP contribution in [0.1, 0.15) is 11.3 Å². The molecule has 1 saturated heterocycles. The Morgan fingerprint density at radius 3 is 2.45 bits per heavy atom. The Hall–Kier alpha value is -2.36. The first kappa shape index (κ1) is 19.9. The van der Waals surface area contributed by atoms with E-state index in [0.29, 0.717) is 36.1 Å². The van der Waals surface area contributed by atoms with Crippen LogP contribution in [0.25, 0.3) is 10.6 Å². The second-order valence-electron chi connectivity index (χ2n) is 6.90. The maximum Gasteiger partial charge on any atom is 0.252 e. The molecule has 0 amide bonds. The predicted octanol–water partition coefficient (Wildman–Crippen LogP) is 3.54. The van der Waals surface area contributed by atoms with Crippen molar-refractivity contribution < 1.29 is 17.7 Å². The zero-order valence-electron chi connectivity index (χ0n) is 16.6. The Labute approximate surface area is 174 Å². The van der Waals surface area contributed by atoms with Gasteiger partial charge in [-0.25, -0.2) is 8.42 Å². The number of hydrogen-bond donors (Lipinski definition) is 0. The van der Waals surface area contributed by atoms with E-state index in [0.717, 1.165) is 27.6 Å². The Kier molecular flexibility index (Phi) is 5.37. The van der Waals surface area contributed by atoms with Crippen molar-refractivity contribution in [2.24, 2.45) is 0 Å². The van der Waals surface area contributed by atoms with Gasteiger partial charge in [-0.3, -0.25) is 0 Å². The van der Waals surface area contributed by atoms with E-state index in [1.165, 1.54) is 11.3 Å². The molecule has 0 radical (unpaired) electrons. The lowest BCUT2D eigenvalue weighted by atomic mass is 10.2. The molecule has 0 atom stereocenters. The fourth-order valence-corrected chi connectivity index (χ4v) is 6.33. The number of benzene rings is 1. The van der Waals surface area contributed by atoms with E-state index in [1.807, 2.05) is 38.1 Å². The molecule has 1 aliphatic heterocycles. The van der Waals surface area contributed by atoms with Crippen molar-refractivity contribution in [3.63, 3.8) is 0 Å². The number of aromatic nitrogens is 1. The zero-order chi connectivity index (χ0) is 20.6. The van der Waals surface area contributed by atoms with Gasteiger partial charge in [0.05, 0.1) is 23.4 Å². The van der Waals surface area contributed by atoms with Gasteiger partial charge in [-0.2, -0.15) is 4.31 Å². The Balaban J connectivity index is 1.50. The summed E-state index contributed by atoms with van der Waals surface area (Å²) in [6, 6.07) is 11.2. The monoisotopic (exact) mass is 433 g/mol. The minimum atomic E-state index is -3.54. The fraction of sp³-hybridized carbons (Fsp3) is 0.350. The van der Waals surface area contributed by atoms with Crippen molar-refractivity contribution in [2.75, 3.05) is 38.2 Å². The van der Waals surface area contributed by atoms with Gasteiger partial charge >= 0.3 is 0 Å². The van der Waals surface area contributed by atoms with Gasteiger partial charge in [-0.1, -0.05) is 17.3 Å². The summed E-state index contributed by atoms with van der Waals surface area (Å²) >= 11 is 1.22. The summed E-state index contributed by atoms with van der Waals surface area (Å²) in [6.07, 6.45) is 0. The molecule has 0 aliphatic carbocycles. The van der Waals surface area contributed by atoms with E-state index in [1.54, 1.807) is 23.5 Å². The highest BCUT2D eigenvalue weighted by atomic mass is 32.2. The van der Waals surface area contributed by atoms with Gasteiger partial charge in [0.25, 0.3) is 10.0 Å². The summed E-state index contributed by atoms with van der Waals surface area (Å²) < 4.78 is 38.9. The third-order valence-electron chi connectivity index (χ3n) is 5.22. The molecule has 2 aromatic heterocycles. The molecule has 0 N–H and O–H groups in total. The van der Waals surface area contributed by atoms with Gasteiger partial charge < -0.3 is 14.2 Å². The highest BCUT2D eigenvalue weighted by molar-refractivity contribution is 7.91. The normalized spacial score (nSPS) is 15.6. The molecule has 9 heteroatoms. The van der Waals surface area contributed by atoms with E-state index in [2.05, 4.69) is 10.1 Å². The molecule has 1 aliphatic rings. The quantitative estimate of drug-likeness (QED) is 0.613. The SMILES string of the molecule is COc1ccccc1N1CCN(S(=O)(=O)c2ccc(-c3onc(C)c3C)s2)CC1. The van der Waals surface area contributed by atoms with E-state index < -0.39 is 10.0 Å². The van der Waals surface area contributed by atoms with Crippen LogP contribution >= 0.6 is 11.3 Å². The Bertz CT molecular complexity index is 1110. The lowest BCUT2D eigenvalue weighted by Gasteiger charge is -2.35. The number of ether oxygens (including phenoxy) is 1. The van der Waals surface area contributed by atoms with Crippen LogP contribution in [0.5, 0.6) is 5.75 Å². The summed E-state index contributed by atoms with van der Waals surface area (Å²) in [5.74, 6) is 1.43. The molecule has 29 heavy (non-hydrogen) atoms. The number of nitrogens with zero attached hydrogens (tertiary/aromatic N) is 3. The second-order valence-corrected chi connectivity index (χ2v) is 10.2. The van der Waals surface area contributed by atoms with Crippen LogP contribution in [-0.2, 0) is 10.0 Å². The van der Waals surface area contributed by atoms with Gasteiger partial charge in [0, 0.05) is 31.7 Å². The van der Waals surface area contributed by atoms with Gasteiger partial charge in [-0.05, 0) is 38.1 Å². The van der Waals surface area contributed by atoms with Crippen LogP contribution in [0.15, 0.2) is 45.1 Å². The summed E-state index contributed by atoms with van der Waals surface area (Å²) in [7, 11) is -1.90. The van der Waals surface area contributed by atoms with Crippen LogP contribution in [0, 0.1) is 13.8 Å². The third-order valence-corrected chi connectivity index (χ3v) is 8.67. The summed E-state index contributed by atoms with van der Waals surface area (Å²) in [4.78, 5) is 2.93. The van der Waals surface area contributed by atoms with E-state index >= 15 is 0 Å². The summed E-state index contributed by atoms with van der Waals surface area (Å²) in [5.41, 5.74) is 2.73. The first-order chi connectivity index (χ1) is 13.9. The van der Waals surface area contributed by atoms with Crippen LogP contribution < -0.4 is 9.64 Å².